The molecule has 0 saturated heterocycles. The van der Waals surface area contributed by atoms with Crippen molar-refractivity contribution in [3.05, 3.63) is 47.5 Å². The van der Waals surface area contributed by atoms with Gasteiger partial charge in [0.05, 0.1) is 6.10 Å². The van der Waals surface area contributed by atoms with Gasteiger partial charge in [0, 0.05) is 0 Å². The Morgan fingerprint density at radius 1 is 1.12 bits per heavy atom. The minimum Gasteiger partial charge on any atom is -0.388 e. The second-order valence-corrected chi connectivity index (χ2v) is 5.35. The topological polar surface area (TPSA) is 20.2 Å². The van der Waals surface area contributed by atoms with Gasteiger partial charge in [0.2, 0.25) is 0 Å². The number of fused-ring (bicyclic) bond motifs is 3. The molecule has 1 N–H and O–H groups in total. The summed E-state index contributed by atoms with van der Waals surface area (Å²) in [6.45, 7) is 4.43. The van der Waals surface area contributed by atoms with Crippen LogP contribution in [0.25, 0.3) is 10.8 Å². The highest BCUT2D eigenvalue weighted by molar-refractivity contribution is 5.88. The molecule has 0 bridgehead atoms. The van der Waals surface area contributed by atoms with Crippen LogP contribution in [0.1, 0.15) is 37.5 Å². The second-order valence-electron chi connectivity index (χ2n) is 5.35. The quantitative estimate of drug-likeness (QED) is 0.708. The van der Waals surface area contributed by atoms with E-state index >= 15 is 0 Å². The van der Waals surface area contributed by atoms with Crippen LogP contribution in [0.15, 0.2) is 36.4 Å². The zero-order valence-corrected chi connectivity index (χ0v) is 9.70. The molecule has 16 heavy (non-hydrogen) atoms. The molecular formula is C15H16O. The summed E-state index contributed by atoms with van der Waals surface area (Å²) in [5.41, 5.74) is 2.53. The van der Waals surface area contributed by atoms with Crippen LogP contribution >= 0.6 is 0 Å². The average Bonchev–Trinajstić information content (AvgIpc) is 2.49. The summed E-state index contributed by atoms with van der Waals surface area (Å²) < 4.78 is 0. The van der Waals surface area contributed by atoms with Crippen molar-refractivity contribution >= 4 is 10.8 Å². The van der Waals surface area contributed by atoms with E-state index in [0.717, 1.165) is 12.0 Å². The van der Waals surface area contributed by atoms with Gasteiger partial charge < -0.3 is 5.11 Å². The fraction of sp³-hybridized carbons (Fsp3) is 0.333. The SMILES string of the molecule is CC1(C)C[C@H](O)c2ccc3ccccc3c21. The Kier molecular flexibility index (Phi) is 1.90. The van der Waals surface area contributed by atoms with Crippen LogP contribution in [-0.4, -0.2) is 5.11 Å². The van der Waals surface area contributed by atoms with E-state index < -0.39 is 0 Å². The largest absolute Gasteiger partial charge is 0.388 e. The molecule has 2 aromatic carbocycles. The maximum absolute atomic E-state index is 10.1. The van der Waals surface area contributed by atoms with Gasteiger partial charge >= 0.3 is 0 Å². The van der Waals surface area contributed by atoms with Crippen LogP contribution in [0.3, 0.4) is 0 Å². The number of rotatable bonds is 0. The van der Waals surface area contributed by atoms with E-state index in [-0.39, 0.29) is 11.5 Å². The van der Waals surface area contributed by atoms with Crippen molar-refractivity contribution in [3.8, 4) is 0 Å². The fourth-order valence-corrected chi connectivity index (χ4v) is 3.02. The average molecular weight is 212 g/mol. The molecule has 0 amide bonds. The maximum Gasteiger partial charge on any atom is 0.0801 e. The highest BCUT2D eigenvalue weighted by Crippen LogP contribution is 2.47. The van der Waals surface area contributed by atoms with Gasteiger partial charge in [-0.05, 0) is 33.7 Å². The predicted molar refractivity (Wildman–Crippen MR) is 66.6 cm³/mol. The molecule has 0 aromatic heterocycles. The lowest BCUT2D eigenvalue weighted by atomic mass is 9.83. The summed E-state index contributed by atoms with van der Waals surface area (Å²) in [7, 11) is 0. The molecule has 0 radical (unpaired) electrons. The summed E-state index contributed by atoms with van der Waals surface area (Å²) in [6.07, 6.45) is 0.533. The van der Waals surface area contributed by atoms with Crippen LogP contribution in [0, 0.1) is 0 Å². The first kappa shape index (κ1) is 9.86. The number of aliphatic hydroxyl groups is 1. The summed E-state index contributed by atoms with van der Waals surface area (Å²) >= 11 is 0. The molecule has 0 saturated carbocycles. The lowest BCUT2D eigenvalue weighted by Gasteiger charge is -2.20. The summed E-state index contributed by atoms with van der Waals surface area (Å²) in [6, 6.07) is 12.6. The second kappa shape index (κ2) is 3.08. The minimum absolute atomic E-state index is 0.0790. The fourth-order valence-electron chi connectivity index (χ4n) is 3.02. The number of hydrogen-bond donors (Lipinski definition) is 1. The number of aliphatic hydroxyl groups excluding tert-OH is 1. The van der Waals surface area contributed by atoms with Gasteiger partial charge in [-0.2, -0.15) is 0 Å². The van der Waals surface area contributed by atoms with E-state index in [0.29, 0.717) is 0 Å². The molecular weight excluding hydrogens is 196 g/mol. The van der Waals surface area contributed by atoms with E-state index in [9.17, 15) is 5.11 Å². The van der Waals surface area contributed by atoms with Crippen molar-refractivity contribution in [1.29, 1.82) is 0 Å². The summed E-state index contributed by atoms with van der Waals surface area (Å²) in [5.74, 6) is 0. The first-order chi connectivity index (χ1) is 7.59. The minimum atomic E-state index is -0.297. The molecule has 0 unspecified atom stereocenters. The van der Waals surface area contributed by atoms with Crippen LogP contribution < -0.4 is 0 Å². The molecule has 2 aromatic rings. The van der Waals surface area contributed by atoms with Gasteiger partial charge in [0.1, 0.15) is 0 Å². The van der Waals surface area contributed by atoms with Gasteiger partial charge in [0.25, 0.3) is 0 Å². The standard InChI is InChI=1S/C15H16O/c1-15(2)9-13(16)12-8-7-10-5-3-4-6-11(10)14(12)15/h3-8,13,16H,9H2,1-2H3/t13-/m0/s1. The number of benzene rings is 2. The van der Waals surface area contributed by atoms with Crippen molar-refractivity contribution in [2.24, 2.45) is 0 Å². The Balaban J connectivity index is 2.42. The molecule has 1 atom stereocenters. The molecule has 0 aliphatic heterocycles. The monoisotopic (exact) mass is 212 g/mol. The zero-order chi connectivity index (χ0) is 11.3. The molecule has 0 heterocycles. The molecule has 1 nitrogen and oxygen atoms in total. The highest BCUT2D eigenvalue weighted by Gasteiger charge is 2.36. The van der Waals surface area contributed by atoms with Crippen molar-refractivity contribution < 1.29 is 5.11 Å². The summed E-state index contributed by atoms with van der Waals surface area (Å²) in [5, 5.41) is 12.6. The molecule has 3 rings (SSSR count). The van der Waals surface area contributed by atoms with Gasteiger partial charge in [-0.15, -0.1) is 0 Å². The van der Waals surface area contributed by atoms with Crippen molar-refractivity contribution in [1.82, 2.24) is 0 Å². The Morgan fingerprint density at radius 3 is 2.69 bits per heavy atom. The van der Waals surface area contributed by atoms with Crippen molar-refractivity contribution in [2.75, 3.05) is 0 Å². The molecule has 1 heteroatoms. The predicted octanol–water partition coefficient (Wildman–Crippen LogP) is 3.55. The smallest absolute Gasteiger partial charge is 0.0801 e. The molecule has 82 valence electrons. The zero-order valence-electron chi connectivity index (χ0n) is 9.70. The van der Waals surface area contributed by atoms with Gasteiger partial charge in [-0.3, -0.25) is 0 Å². The van der Waals surface area contributed by atoms with Gasteiger partial charge in [-0.1, -0.05) is 50.2 Å². The van der Waals surface area contributed by atoms with E-state index in [2.05, 4.69) is 50.2 Å². The normalized spacial score (nSPS) is 22.3. The van der Waals surface area contributed by atoms with Crippen molar-refractivity contribution in [3.63, 3.8) is 0 Å². The van der Waals surface area contributed by atoms with Crippen LogP contribution in [0.4, 0.5) is 0 Å². The first-order valence-electron chi connectivity index (χ1n) is 5.80. The van der Waals surface area contributed by atoms with Crippen molar-refractivity contribution in [2.45, 2.75) is 31.8 Å². The van der Waals surface area contributed by atoms with Crippen LogP contribution in [0.2, 0.25) is 0 Å². The van der Waals surface area contributed by atoms with Crippen LogP contribution in [-0.2, 0) is 5.41 Å². The third kappa shape index (κ3) is 1.21. The lowest BCUT2D eigenvalue weighted by Crippen LogP contribution is -2.12. The molecule has 1 aliphatic carbocycles. The van der Waals surface area contributed by atoms with Gasteiger partial charge in [0.15, 0.2) is 0 Å². The van der Waals surface area contributed by atoms with E-state index in [1.807, 2.05) is 0 Å². The Bertz CT molecular complexity index is 554. The Morgan fingerprint density at radius 2 is 1.88 bits per heavy atom. The van der Waals surface area contributed by atoms with Crippen LogP contribution in [0.5, 0.6) is 0 Å². The van der Waals surface area contributed by atoms with E-state index in [1.54, 1.807) is 0 Å². The first-order valence-corrected chi connectivity index (χ1v) is 5.80. The molecule has 0 spiro atoms. The van der Waals surface area contributed by atoms with Gasteiger partial charge in [-0.25, -0.2) is 0 Å². The Labute approximate surface area is 95.7 Å². The lowest BCUT2D eigenvalue weighted by molar-refractivity contribution is 0.161. The highest BCUT2D eigenvalue weighted by atomic mass is 16.3. The summed E-state index contributed by atoms with van der Waals surface area (Å²) in [4.78, 5) is 0. The third-order valence-corrected chi connectivity index (χ3v) is 3.70. The maximum atomic E-state index is 10.1. The molecule has 0 fully saturated rings. The molecule has 1 aliphatic rings. The van der Waals surface area contributed by atoms with E-state index in [1.165, 1.54) is 16.3 Å². The third-order valence-electron chi connectivity index (χ3n) is 3.70. The Hall–Kier alpha value is -1.34. The number of hydrogen-bond acceptors (Lipinski definition) is 1. The van der Waals surface area contributed by atoms with E-state index in [4.69, 9.17) is 0 Å².